The molecule has 1 N–H and O–H groups in total. The van der Waals surface area contributed by atoms with Gasteiger partial charge in [-0.2, -0.15) is 0 Å². The van der Waals surface area contributed by atoms with Gasteiger partial charge in [-0.15, -0.1) is 11.3 Å². The molecule has 1 fully saturated rings. The van der Waals surface area contributed by atoms with E-state index < -0.39 is 0 Å². The van der Waals surface area contributed by atoms with Crippen LogP contribution in [-0.4, -0.2) is 37.0 Å². The van der Waals surface area contributed by atoms with Crippen LogP contribution in [0.1, 0.15) is 43.9 Å². The molecule has 3 nitrogen and oxygen atoms in total. The van der Waals surface area contributed by atoms with Crippen molar-refractivity contribution < 1.29 is 4.79 Å². The zero-order chi connectivity index (χ0) is 14.4. The molecule has 0 aliphatic carbocycles. The normalized spacial score (nSPS) is 17.6. The standard InChI is InChI=1S/C16H26N2OS/c1-13(2)12-16(19)17-7-10-18-8-5-14(6-9-18)15-4-3-11-20-15/h3-4,11,13-14H,5-10,12H2,1-2H3,(H,17,19). The molecule has 0 bridgehead atoms. The highest BCUT2D eigenvalue weighted by Gasteiger charge is 2.20. The molecule has 2 heterocycles. The highest BCUT2D eigenvalue weighted by atomic mass is 32.1. The molecule has 0 atom stereocenters. The minimum atomic E-state index is 0.188. The number of piperidine rings is 1. The number of thiophene rings is 1. The van der Waals surface area contributed by atoms with E-state index >= 15 is 0 Å². The van der Waals surface area contributed by atoms with E-state index in [1.807, 2.05) is 11.3 Å². The Morgan fingerprint density at radius 1 is 1.45 bits per heavy atom. The van der Waals surface area contributed by atoms with Crippen molar-refractivity contribution in [3.63, 3.8) is 0 Å². The molecule has 1 aliphatic heterocycles. The highest BCUT2D eigenvalue weighted by Crippen LogP contribution is 2.30. The number of hydrogen-bond donors (Lipinski definition) is 1. The summed E-state index contributed by atoms with van der Waals surface area (Å²) in [5.41, 5.74) is 0. The van der Waals surface area contributed by atoms with E-state index in [-0.39, 0.29) is 5.91 Å². The van der Waals surface area contributed by atoms with Crippen LogP contribution in [0, 0.1) is 5.92 Å². The van der Waals surface area contributed by atoms with Gasteiger partial charge in [0.2, 0.25) is 5.91 Å². The molecule has 1 saturated heterocycles. The van der Waals surface area contributed by atoms with Crippen molar-refractivity contribution in [2.24, 2.45) is 5.92 Å². The van der Waals surface area contributed by atoms with E-state index in [9.17, 15) is 4.79 Å². The Bertz CT molecular complexity index is 395. The summed E-state index contributed by atoms with van der Waals surface area (Å²) in [6.45, 7) is 8.24. The van der Waals surface area contributed by atoms with E-state index in [1.165, 1.54) is 17.7 Å². The third kappa shape index (κ3) is 4.91. The fourth-order valence-electron chi connectivity index (χ4n) is 2.76. The Kier molecular flexibility index (Phi) is 6.05. The molecular formula is C16H26N2OS. The van der Waals surface area contributed by atoms with Crippen molar-refractivity contribution in [1.82, 2.24) is 10.2 Å². The van der Waals surface area contributed by atoms with Crippen LogP contribution < -0.4 is 5.32 Å². The Labute approximate surface area is 126 Å². The fraction of sp³-hybridized carbons (Fsp3) is 0.688. The topological polar surface area (TPSA) is 32.3 Å². The van der Waals surface area contributed by atoms with Gasteiger partial charge in [0, 0.05) is 24.4 Å². The highest BCUT2D eigenvalue weighted by molar-refractivity contribution is 7.10. The third-order valence-electron chi connectivity index (χ3n) is 3.88. The first-order chi connectivity index (χ1) is 9.65. The van der Waals surface area contributed by atoms with Crippen LogP contribution in [0.4, 0.5) is 0 Å². The molecular weight excluding hydrogens is 268 g/mol. The van der Waals surface area contributed by atoms with E-state index in [2.05, 4.69) is 41.6 Å². The van der Waals surface area contributed by atoms with E-state index in [1.54, 1.807) is 0 Å². The Hall–Kier alpha value is -0.870. The first kappa shape index (κ1) is 15.5. The average molecular weight is 294 g/mol. The molecule has 2 rings (SSSR count). The fourth-order valence-corrected chi connectivity index (χ4v) is 3.66. The number of carbonyl (C=O) groups is 1. The van der Waals surface area contributed by atoms with Crippen molar-refractivity contribution in [2.75, 3.05) is 26.2 Å². The maximum atomic E-state index is 11.6. The van der Waals surface area contributed by atoms with Crippen molar-refractivity contribution in [3.05, 3.63) is 22.4 Å². The van der Waals surface area contributed by atoms with Crippen molar-refractivity contribution in [1.29, 1.82) is 0 Å². The minimum absolute atomic E-state index is 0.188. The van der Waals surface area contributed by atoms with E-state index in [0.717, 1.165) is 32.1 Å². The molecule has 112 valence electrons. The Morgan fingerprint density at radius 2 is 2.20 bits per heavy atom. The molecule has 0 aromatic carbocycles. The Balaban J connectivity index is 1.61. The van der Waals surface area contributed by atoms with Gasteiger partial charge in [-0.1, -0.05) is 19.9 Å². The number of likely N-dealkylation sites (tertiary alicyclic amines) is 1. The molecule has 1 amide bonds. The Morgan fingerprint density at radius 3 is 2.80 bits per heavy atom. The number of rotatable bonds is 6. The molecule has 0 spiro atoms. The summed E-state index contributed by atoms with van der Waals surface area (Å²) in [7, 11) is 0. The summed E-state index contributed by atoms with van der Waals surface area (Å²) in [6.07, 6.45) is 3.14. The van der Waals surface area contributed by atoms with Gasteiger partial charge < -0.3 is 10.2 Å². The van der Waals surface area contributed by atoms with Gasteiger partial charge in [-0.3, -0.25) is 4.79 Å². The lowest BCUT2D eigenvalue weighted by atomic mass is 9.95. The van der Waals surface area contributed by atoms with Gasteiger partial charge in [0.25, 0.3) is 0 Å². The zero-order valence-corrected chi connectivity index (χ0v) is 13.4. The van der Waals surface area contributed by atoms with Crippen LogP contribution in [0.5, 0.6) is 0 Å². The smallest absolute Gasteiger partial charge is 0.220 e. The van der Waals surface area contributed by atoms with Crippen LogP contribution in [0.15, 0.2) is 17.5 Å². The largest absolute Gasteiger partial charge is 0.355 e. The molecule has 0 saturated carbocycles. The van der Waals surface area contributed by atoms with Gasteiger partial charge in [0.05, 0.1) is 0 Å². The van der Waals surface area contributed by atoms with Crippen molar-refractivity contribution in [2.45, 2.75) is 39.0 Å². The van der Waals surface area contributed by atoms with Crippen LogP contribution >= 0.6 is 11.3 Å². The lowest BCUT2D eigenvalue weighted by molar-refractivity contribution is -0.121. The molecule has 0 unspecified atom stereocenters. The van der Waals surface area contributed by atoms with E-state index in [0.29, 0.717) is 12.3 Å². The summed E-state index contributed by atoms with van der Waals surface area (Å²) in [6, 6.07) is 4.41. The lowest BCUT2D eigenvalue weighted by Gasteiger charge is -2.31. The summed E-state index contributed by atoms with van der Waals surface area (Å²) in [4.78, 5) is 15.6. The summed E-state index contributed by atoms with van der Waals surface area (Å²) < 4.78 is 0. The first-order valence-electron chi connectivity index (χ1n) is 7.67. The monoisotopic (exact) mass is 294 g/mol. The molecule has 1 aromatic rings. The predicted octanol–water partition coefficient (Wildman–Crippen LogP) is 3.09. The second-order valence-corrected chi connectivity index (χ2v) is 7.06. The molecule has 20 heavy (non-hydrogen) atoms. The molecule has 1 aromatic heterocycles. The lowest BCUT2D eigenvalue weighted by Crippen LogP contribution is -2.39. The predicted molar refractivity (Wildman–Crippen MR) is 85.2 cm³/mol. The molecule has 0 radical (unpaired) electrons. The second-order valence-electron chi connectivity index (χ2n) is 6.08. The van der Waals surface area contributed by atoms with Crippen LogP contribution in [-0.2, 0) is 4.79 Å². The van der Waals surface area contributed by atoms with Gasteiger partial charge in [0.15, 0.2) is 0 Å². The summed E-state index contributed by atoms with van der Waals surface area (Å²) in [5, 5.41) is 5.19. The van der Waals surface area contributed by atoms with Crippen LogP contribution in [0.2, 0.25) is 0 Å². The van der Waals surface area contributed by atoms with Crippen LogP contribution in [0.25, 0.3) is 0 Å². The molecule has 4 heteroatoms. The maximum Gasteiger partial charge on any atom is 0.220 e. The number of hydrogen-bond acceptors (Lipinski definition) is 3. The number of amides is 1. The van der Waals surface area contributed by atoms with E-state index in [4.69, 9.17) is 0 Å². The second kappa shape index (κ2) is 7.79. The molecule has 1 aliphatic rings. The van der Waals surface area contributed by atoms with Gasteiger partial charge >= 0.3 is 0 Å². The quantitative estimate of drug-likeness (QED) is 0.874. The van der Waals surface area contributed by atoms with Crippen molar-refractivity contribution in [3.8, 4) is 0 Å². The van der Waals surface area contributed by atoms with Gasteiger partial charge in [-0.25, -0.2) is 0 Å². The number of carbonyl (C=O) groups excluding carboxylic acids is 1. The summed E-state index contributed by atoms with van der Waals surface area (Å²) >= 11 is 1.88. The third-order valence-corrected chi connectivity index (χ3v) is 4.91. The minimum Gasteiger partial charge on any atom is -0.355 e. The van der Waals surface area contributed by atoms with Gasteiger partial charge in [0.1, 0.15) is 0 Å². The number of nitrogens with one attached hydrogen (secondary N) is 1. The number of nitrogens with zero attached hydrogens (tertiary/aromatic N) is 1. The van der Waals surface area contributed by atoms with Crippen LogP contribution in [0.3, 0.4) is 0 Å². The van der Waals surface area contributed by atoms with Crippen molar-refractivity contribution >= 4 is 17.2 Å². The van der Waals surface area contributed by atoms with Gasteiger partial charge in [-0.05, 0) is 49.2 Å². The maximum absolute atomic E-state index is 11.6. The summed E-state index contributed by atoms with van der Waals surface area (Å²) in [5.74, 6) is 1.38. The first-order valence-corrected chi connectivity index (χ1v) is 8.55. The SMILES string of the molecule is CC(C)CC(=O)NCCN1CCC(c2cccs2)CC1. The average Bonchev–Trinajstić information content (AvgIpc) is 2.92. The zero-order valence-electron chi connectivity index (χ0n) is 12.6.